The lowest BCUT2D eigenvalue weighted by atomic mass is 10.1. The highest BCUT2D eigenvalue weighted by Gasteiger charge is 2.19. The van der Waals surface area contributed by atoms with Crippen molar-refractivity contribution in [3.05, 3.63) is 74.6 Å². The largest absolute Gasteiger partial charge is 0.493 e. The number of fused-ring (bicyclic) bond motifs is 1. The van der Waals surface area contributed by atoms with E-state index in [9.17, 15) is 9.90 Å². The van der Waals surface area contributed by atoms with Gasteiger partial charge in [0.15, 0.2) is 3.95 Å². The third-order valence-electron chi connectivity index (χ3n) is 3.88. The van der Waals surface area contributed by atoms with Gasteiger partial charge in [-0.05, 0) is 36.5 Å². The number of rotatable bonds is 2. The average Bonchev–Trinajstić information content (AvgIpc) is 3.17. The SMILES string of the molecule is O=C(c1ccccc1)n1c(O)c(C=C2C=Nc3ccccc32)sc1=S. The molecule has 1 aromatic heterocycles. The molecule has 6 heteroatoms. The lowest BCUT2D eigenvalue weighted by Crippen LogP contribution is -2.11. The Kier molecular flexibility index (Phi) is 3.91. The molecule has 0 unspecified atom stereocenters. The minimum Gasteiger partial charge on any atom is -0.493 e. The minimum absolute atomic E-state index is 0.144. The molecule has 0 spiro atoms. The number of para-hydroxylation sites is 1. The molecule has 4 rings (SSSR count). The van der Waals surface area contributed by atoms with Crippen LogP contribution in [-0.4, -0.2) is 21.8 Å². The van der Waals surface area contributed by atoms with Crippen LogP contribution in [-0.2, 0) is 0 Å². The topological polar surface area (TPSA) is 54.6 Å². The molecule has 0 saturated carbocycles. The Balaban J connectivity index is 1.77. The van der Waals surface area contributed by atoms with E-state index < -0.39 is 0 Å². The molecule has 0 saturated heterocycles. The Hall–Kier alpha value is -2.83. The fraction of sp³-hybridized carbons (Fsp3) is 0. The quantitative estimate of drug-likeness (QED) is 0.656. The second-order valence-corrected chi connectivity index (χ2v) is 7.11. The molecule has 4 nitrogen and oxygen atoms in total. The maximum atomic E-state index is 12.6. The fourth-order valence-electron chi connectivity index (χ4n) is 2.66. The Labute approximate surface area is 153 Å². The van der Waals surface area contributed by atoms with Gasteiger partial charge in [-0.15, -0.1) is 11.3 Å². The zero-order chi connectivity index (χ0) is 17.4. The van der Waals surface area contributed by atoms with Crippen molar-refractivity contribution in [2.45, 2.75) is 0 Å². The first-order valence-corrected chi connectivity index (χ1v) is 8.77. The summed E-state index contributed by atoms with van der Waals surface area (Å²) in [4.78, 5) is 17.5. The number of aromatic hydroxyl groups is 1. The van der Waals surface area contributed by atoms with Gasteiger partial charge in [-0.2, -0.15) is 0 Å². The normalized spacial score (nSPS) is 14.0. The molecular formula is C19H12N2O2S2. The van der Waals surface area contributed by atoms with Gasteiger partial charge >= 0.3 is 0 Å². The van der Waals surface area contributed by atoms with Crippen LogP contribution in [0, 0.1) is 3.95 Å². The maximum absolute atomic E-state index is 12.6. The number of hydrogen-bond acceptors (Lipinski definition) is 5. The van der Waals surface area contributed by atoms with Gasteiger partial charge in [0, 0.05) is 22.9 Å². The standard InChI is InChI=1S/C19H12N2O2S2/c22-17(12-6-2-1-3-7-12)21-18(23)16(25-19(21)24)10-13-11-20-15-9-5-4-8-14(13)15/h1-11,23H. The summed E-state index contributed by atoms with van der Waals surface area (Å²) in [6, 6.07) is 16.5. The van der Waals surface area contributed by atoms with E-state index in [1.165, 1.54) is 15.9 Å². The van der Waals surface area contributed by atoms with Crippen molar-refractivity contribution in [3.63, 3.8) is 0 Å². The summed E-state index contributed by atoms with van der Waals surface area (Å²) in [5.41, 5.74) is 3.22. The number of benzene rings is 2. The number of thiazole rings is 1. The number of carbonyl (C=O) groups excluding carboxylic acids is 1. The first-order valence-electron chi connectivity index (χ1n) is 7.55. The summed E-state index contributed by atoms with van der Waals surface area (Å²) in [5, 5.41) is 10.5. The molecule has 1 aliphatic heterocycles. The van der Waals surface area contributed by atoms with E-state index in [-0.39, 0.29) is 11.8 Å². The van der Waals surface area contributed by atoms with Gasteiger partial charge < -0.3 is 5.11 Å². The lowest BCUT2D eigenvalue weighted by molar-refractivity contribution is 0.0950. The van der Waals surface area contributed by atoms with Gasteiger partial charge in [0.05, 0.1) is 10.6 Å². The van der Waals surface area contributed by atoms with Gasteiger partial charge in [-0.1, -0.05) is 36.4 Å². The van der Waals surface area contributed by atoms with E-state index in [1.807, 2.05) is 30.3 Å². The van der Waals surface area contributed by atoms with Gasteiger partial charge in [0.25, 0.3) is 5.91 Å². The zero-order valence-electron chi connectivity index (χ0n) is 12.9. The number of aliphatic imine (C=N–C) groups is 1. The van der Waals surface area contributed by atoms with Crippen molar-refractivity contribution < 1.29 is 9.90 Å². The number of hydrogen-bond donors (Lipinski definition) is 1. The number of nitrogens with zero attached hydrogens (tertiary/aromatic N) is 2. The zero-order valence-corrected chi connectivity index (χ0v) is 14.6. The second kappa shape index (κ2) is 6.23. The number of carbonyl (C=O) groups is 1. The first-order chi connectivity index (χ1) is 12.1. The van der Waals surface area contributed by atoms with Gasteiger partial charge in [0.1, 0.15) is 0 Å². The molecule has 25 heavy (non-hydrogen) atoms. The molecule has 3 aromatic rings. The molecule has 2 aromatic carbocycles. The Bertz CT molecular complexity index is 1090. The Morgan fingerprint density at radius 3 is 2.64 bits per heavy atom. The third kappa shape index (κ3) is 2.75. The van der Waals surface area contributed by atoms with Gasteiger partial charge in [-0.3, -0.25) is 9.79 Å². The lowest BCUT2D eigenvalue weighted by Gasteiger charge is -2.03. The minimum atomic E-state index is -0.343. The molecule has 0 aliphatic carbocycles. The van der Waals surface area contributed by atoms with Crippen molar-refractivity contribution in [2.75, 3.05) is 0 Å². The smallest absolute Gasteiger partial charge is 0.266 e. The third-order valence-corrected chi connectivity index (χ3v) is 5.19. The predicted molar refractivity (Wildman–Crippen MR) is 103 cm³/mol. The molecule has 2 heterocycles. The van der Waals surface area contributed by atoms with E-state index in [1.54, 1.807) is 36.6 Å². The van der Waals surface area contributed by atoms with Crippen LogP contribution >= 0.6 is 23.6 Å². The number of allylic oxidation sites excluding steroid dienone is 1. The molecular weight excluding hydrogens is 352 g/mol. The van der Waals surface area contributed by atoms with Crippen molar-refractivity contribution in [2.24, 2.45) is 4.99 Å². The van der Waals surface area contributed by atoms with Crippen molar-refractivity contribution >= 4 is 53.0 Å². The van der Waals surface area contributed by atoms with Crippen LogP contribution in [0.2, 0.25) is 0 Å². The summed E-state index contributed by atoms with van der Waals surface area (Å²) < 4.78 is 1.47. The molecule has 0 bridgehead atoms. The van der Waals surface area contributed by atoms with Crippen LogP contribution in [0.4, 0.5) is 5.69 Å². The summed E-state index contributed by atoms with van der Waals surface area (Å²) in [6.45, 7) is 0. The van der Waals surface area contributed by atoms with E-state index >= 15 is 0 Å². The molecule has 1 N–H and O–H groups in total. The van der Waals surface area contributed by atoms with E-state index in [0.29, 0.717) is 14.4 Å². The average molecular weight is 364 g/mol. The monoisotopic (exact) mass is 364 g/mol. The Morgan fingerprint density at radius 1 is 1.12 bits per heavy atom. The van der Waals surface area contributed by atoms with Crippen molar-refractivity contribution in [1.29, 1.82) is 0 Å². The maximum Gasteiger partial charge on any atom is 0.266 e. The predicted octanol–water partition coefficient (Wildman–Crippen LogP) is 4.93. The van der Waals surface area contributed by atoms with Crippen LogP contribution in [0.1, 0.15) is 20.8 Å². The van der Waals surface area contributed by atoms with E-state index in [4.69, 9.17) is 12.2 Å². The fourth-order valence-corrected chi connectivity index (χ4v) is 3.92. The number of aromatic nitrogens is 1. The van der Waals surface area contributed by atoms with Crippen molar-refractivity contribution in [1.82, 2.24) is 4.57 Å². The molecule has 0 amide bonds. The second-order valence-electron chi connectivity index (χ2n) is 5.44. The highest BCUT2D eigenvalue weighted by atomic mass is 32.1. The molecule has 1 aliphatic rings. The van der Waals surface area contributed by atoms with Crippen LogP contribution in [0.5, 0.6) is 5.88 Å². The van der Waals surface area contributed by atoms with E-state index in [2.05, 4.69) is 4.99 Å². The van der Waals surface area contributed by atoms with Crippen LogP contribution < -0.4 is 0 Å². The van der Waals surface area contributed by atoms with Gasteiger partial charge in [-0.25, -0.2) is 4.57 Å². The summed E-state index contributed by atoms with van der Waals surface area (Å²) >= 11 is 6.49. The molecule has 0 atom stereocenters. The highest BCUT2D eigenvalue weighted by Crippen LogP contribution is 2.35. The van der Waals surface area contributed by atoms with E-state index in [0.717, 1.165) is 16.8 Å². The van der Waals surface area contributed by atoms with Crippen molar-refractivity contribution in [3.8, 4) is 5.88 Å². The van der Waals surface area contributed by atoms with Gasteiger partial charge in [0.2, 0.25) is 5.88 Å². The Morgan fingerprint density at radius 2 is 1.84 bits per heavy atom. The van der Waals surface area contributed by atoms with Crippen LogP contribution in [0.3, 0.4) is 0 Å². The molecule has 122 valence electrons. The summed E-state index contributed by atoms with van der Waals surface area (Å²) in [6.07, 6.45) is 3.55. The molecule has 0 fully saturated rings. The van der Waals surface area contributed by atoms with Crippen LogP contribution in [0.15, 0.2) is 59.6 Å². The highest BCUT2D eigenvalue weighted by molar-refractivity contribution is 7.73. The van der Waals surface area contributed by atoms with Crippen LogP contribution in [0.25, 0.3) is 11.6 Å². The summed E-state index contributed by atoms with van der Waals surface area (Å²) in [5.74, 6) is -0.487. The first kappa shape index (κ1) is 15.7. The summed E-state index contributed by atoms with van der Waals surface area (Å²) in [7, 11) is 0. The molecule has 0 radical (unpaired) electrons.